The van der Waals surface area contributed by atoms with Crippen molar-refractivity contribution in [1.82, 2.24) is 19.6 Å². The molecule has 4 aromatic rings. The first-order valence-corrected chi connectivity index (χ1v) is 11.8. The lowest BCUT2D eigenvalue weighted by molar-refractivity contribution is 0.101. The number of hydrogen-bond donors (Lipinski definition) is 2. The fraction of sp³-hybridized carbons (Fsp3) is 0.231. The minimum absolute atomic E-state index is 0.246. The largest absolute Gasteiger partial charge is 0.487 e. The first-order chi connectivity index (χ1) is 17.3. The van der Waals surface area contributed by atoms with Gasteiger partial charge >= 0.3 is 0 Å². The number of nitrogens with zero attached hydrogens (tertiary/aromatic N) is 4. The van der Waals surface area contributed by atoms with E-state index >= 15 is 0 Å². The van der Waals surface area contributed by atoms with E-state index in [1.807, 2.05) is 39.0 Å². The maximum Gasteiger partial charge on any atom is 0.276 e. The van der Waals surface area contributed by atoms with Gasteiger partial charge in [-0.2, -0.15) is 10.2 Å². The van der Waals surface area contributed by atoms with Crippen molar-refractivity contribution in [3.63, 3.8) is 0 Å². The topological polar surface area (TPSA) is 103 Å². The Kier molecular flexibility index (Phi) is 7.40. The summed E-state index contributed by atoms with van der Waals surface area (Å²) in [6.45, 7) is 6.39. The molecule has 186 valence electrons. The Morgan fingerprint density at radius 1 is 1.00 bits per heavy atom. The van der Waals surface area contributed by atoms with Gasteiger partial charge in [0, 0.05) is 19.2 Å². The predicted octanol–water partition coefficient (Wildman–Crippen LogP) is 4.99. The molecule has 0 radical (unpaired) electrons. The molecule has 4 rings (SSSR count). The second-order valence-corrected chi connectivity index (χ2v) is 8.73. The number of amides is 2. The molecule has 10 heteroatoms. The SMILES string of the molecule is CCn1ncc(NC(=O)c2cccc(COc3cc(C)ccc3Cl)c2)c1C(=O)Nc1cnn(C)c1C. The molecule has 9 nitrogen and oxygen atoms in total. The summed E-state index contributed by atoms with van der Waals surface area (Å²) in [6.07, 6.45) is 3.05. The average Bonchev–Trinajstić information content (AvgIpc) is 3.42. The number of carbonyl (C=O) groups excluding carboxylic acids is 2. The summed E-state index contributed by atoms with van der Waals surface area (Å²) in [5.74, 6) is -0.177. The van der Waals surface area contributed by atoms with Crippen LogP contribution in [-0.4, -0.2) is 31.4 Å². The van der Waals surface area contributed by atoms with E-state index < -0.39 is 5.91 Å². The summed E-state index contributed by atoms with van der Waals surface area (Å²) in [7, 11) is 1.79. The molecule has 2 amide bonds. The first kappa shape index (κ1) is 25.0. The lowest BCUT2D eigenvalue weighted by atomic mass is 10.1. The second kappa shape index (κ2) is 10.7. The zero-order valence-electron chi connectivity index (χ0n) is 20.5. The summed E-state index contributed by atoms with van der Waals surface area (Å²) in [6, 6.07) is 12.6. The van der Waals surface area contributed by atoms with Crippen LogP contribution in [0, 0.1) is 13.8 Å². The number of aryl methyl sites for hydroxylation is 3. The van der Waals surface area contributed by atoms with Gasteiger partial charge in [-0.25, -0.2) is 0 Å². The molecule has 2 heterocycles. The molecule has 0 aliphatic heterocycles. The molecule has 0 saturated carbocycles. The van der Waals surface area contributed by atoms with E-state index in [-0.39, 0.29) is 18.2 Å². The fourth-order valence-corrected chi connectivity index (χ4v) is 3.81. The molecular formula is C26H27ClN6O3. The first-order valence-electron chi connectivity index (χ1n) is 11.4. The van der Waals surface area contributed by atoms with E-state index in [0.717, 1.165) is 16.8 Å². The van der Waals surface area contributed by atoms with Crippen LogP contribution >= 0.6 is 11.6 Å². The lowest BCUT2D eigenvalue weighted by Crippen LogP contribution is -2.21. The Labute approximate surface area is 214 Å². The molecule has 0 aliphatic rings. The van der Waals surface area contributed by atoms with Gasteiger partial charge in [-0.15, -0.1) is 0 Å². The van der Waals surface area contributed by atoms with Gasteiger partial charge in [0.05, 0.1) is 34.5 Å². The number of aromatic nitrogens is 4. The Balaban J connectivity index is 1.49. The van der Waals surface area contributed by atoms with Gasteiger partial charge in [0.25, 0.3) is 11.8 Å². The van der Waals surface area contributed by atoms with Crippen LogP contribution in [0.5, 0.6) is 5.75 Å². The monoisotopic (exact) mass is 506 g/mol. The minimum atomic E-state index is -0.391. The van der Waals surface area contributed by atoms with E-state index in [1.54, 1.807) is 42.2 Å². The molecule has 0 unspecified atom stereocenters. The third-order valence-corrected chi connectivity index (χ3v) is 6.07. The zero-order valence-corrected chi connectivity index (χ0v) is 21.3. The maximum atomic E-state index is 13.1. The maximum absolute atomic E-state index is 13.1. The normalized spacial score (nSPS) is 10.8. The third kappa shape index (κ3) is 5.41. The summed E-state index contributed by atoms with van der Waals surface area (Å²) >= 11 is 6.22. The Hall–Kier alpha value is -4.11. The van der Waals surface area contributed by atoms with Crippen LogP contribution in [0.3, 0.4) is 0 Å². The van der Waals surface area contributed by atoms with Crippen LogP contribution in [0.15, 0.2) is 54.9 Å². The van der Waals surface area contributed by atoms with Crippen LogP contribution in [-0.2, 0) is 20.2 Å². The molecule has 2 aromatic heterocycles. The highest BCUT2D eigenvalue weighted by atomic mass is 35.5. The Morgan fingerprint density at radius 2 is 1.75 bits per heavy atom. The number of rotatable bonds is 8. The van der Waals surface area contributed by atoms with Crippen molar-refractivity contribution >= 4 is 34.8 Å². The molecule has 0 aliphatic carbocycles. The van der Waals surface area contributed by atoms with Crippen LogP contribution < -0.4 is 15.4 Å². The van der Waals surface area contributed by atoms with Gasteiger partial charge in [-0.05, 0) is 56.2 Å². The summed E-state index contributed by atoms with van der Waals surface area (Å²) in [5, 5.41) is 14.6. The lowest BCUT2D eigenvalue weighted by Gasteiger charge is -2.11. The highest BCUT2D eigenvalue weighted by Crippen LogP contribution is 2.26. The van der Waals surface area contributed by atoms with Crippen molar-refractivity contribution in [2.45, 2.75) is 33.9 Å². The molecule has 2 N–H and O–H groups in total. The van der Waals surface area contributed by atoms with E-state index in [2.05, 4.69) is 20.8 Å². The van der Waals surface area contributed by atoms with Crippen molar-refractivity contribution < 1.29 is 14.3 Å². The highest BCUT2D eigenvalue weighted by Gasteiger charge is 2.21. The number of ether oxygens (including phenoxy) is 1. The molecule has 0 spiro atoms. The number of halogens is 1. The molecule has 0 atom stereocenters. The molecular weight excluding hydrogens is 480 g/mol. The highest BCUT2D eigenvalue weighted by molar-refractivity contribution is 6.32. The third-order valence-electron chi connectivity index (χ3n) is 5.76. The average molecular weight is 507 g/mol. The van der Waals surface area contributed by atoms with Gasteiger partial charge < -0.3 is 15.4 Å². The van der Waals surface area contributed by atoms with Gasteiger partial charge in [-0.1, -0.05) is 29.8 Å². The number of benzene rings is 2. The van der Waals surface area contributed by atoms with Gasteiger partial charge in [0.15, 0.2) is 0 Å². The number of hydrogen-bond acceptors (Lipinski definition) is 5. The molecule has 0 fully saturated rings. The van der Waals surface area contributed by atoms with Gasteiger partial charge in [-0.3, -0.25) is 19.0 Å². The van der Waals surface area contributed by atoms with Crippen molar-refractivity contribution in [3.05, 3.63) is 88.0 Å². The van der Waals surface area contributed by atoms with Crippen molar-refractivity contribution in [2.24, 2.45) is 7.05 Å². The van der Waals surface area contributed by atoms with Crippen molar-refractivity contribution in [2.75, 3.05) is 10.6 Å². The van der Waals surface area contributed by atoms with Crippen molar-refractivity contribution in [3.8, 4) is 5.75 Å². The number of nitrogens with one attached hydrogen (secondary N) is 2. The van der Waals surface area contributed by atoms with Gasteiger partial charge in [0.1, 0.15) is 18.1 Å². The molecule has 0 bridgehead atoms. The zero-order chi connectivity index (χ0) is 25.8. The standard InChI is InChI=1S/C26H27ClN6O3/c1-5-33-24(26(35)30-21-13-28-32(4)17(21)3)22(14-29-33)31-25(34)19-8-6-7-18(12-19)15-36-23-11-16(2)9-10-20(23)27/h6-14H,5,15H2,1-4H3,(H,30,35)(H,31,34). The van der Waals surface area contributed by atoms with Crippen LogP contribution in [0.2, 0.25) is 5.02 Å². The van der Waals surface area contributed by atoms with E-state index in [4.69, 9.17) is 16.3 Å². The second-order valence-electron chi connectivity index (χ2n) is 8.32. The fourth-order valence-electron chi connectivity index (χ4n) is 3.64. The summed E-state index contributed by atoms with van der Waals surface area (Å²) < 4.78 is 9.06. The van der Waals surface area contributed by atoms with Gasteiger partial charge in [0.2, 0.25) is 0 Å². The summed E-state index contributed by atoms with van der Waals surface area (Å²) in [5.41, 5.74) is 4.22. The van der Waals surface area contributed by atoms with Crippen LogP contribution in [0.4, 0.5) is 11.4 Å². The number of carbonyl (C=O) groups is 2. The predicted molar refractivity (Wildman–Crippen MR) is 139 cm³/mol. The van der Waals surface area contributed by atoms with E-state index in [9.17, 15) is 9.59 Å². The van der Waals surface area contributed by atoms with Crippen molar-refractivity contribution in [1.29, 1.82) is 0 Å². The quantitative estimate of drug-likeness (QED) is 0.350. The smallest absolute Gasteiger partial charge is 0.276 e. The van der Waals surface area contributed by atoms with Crippen LogP contribution in [0.1, 0.15) is 44.6 Å². The Bertz CT molecular complexity index is 1430. The van der Waals surface area contributed by atoms with E-state index in [1.165, 1.54) is 10.9 Å². The Morgan fingerprint density at radius 3 is 2.47 bits per heavy atom. The molecule has 2 aromatic carbocycles. The molecule has 0 saturated heterocycles. The number of anilines is 2. The van der Waals surface area contributed by atoms with Crippen LogP contribution in [0.25, 0.3) is 0 Å². The molecule has 36 heavy (non-hydrogen) atoms. The van der Waals surface area contributed by atoms with E-state index in [0.29, 0.717) is 34.3 Å². The minimum Gasteiger partial charge on any atom is -0.487 e. The summed E-state index contributed by atoms with van der Waals surface area (Å²) in [4.78, 5) is 26.2.